The van der Waals surface area contributed by atoms with Gasteiger partial charge in [0.1, 0.15) is 0 Å². The molecule has 2 nitrogen and oxygen atoms in total. The van der Waals surface area contributed by atoms with Crippen molar-refractivity contribution >= 4 is 5.97 Å². The van der Waals surface area contributed by atoms with Gasteiger partial charge >= 0.3 is 5.97 Å². The van der Waals surface area contributed by atoms with Crippen LogP contribution in [-0.2, 0) is 11.2 Å². The first-order chi connectivity index (χ1) is 7.27. The number of hydrogen-bond donors (Lipinski definition) is 1. The van der Waals surface area contributed by atoms with Gasteiger partial charge in [0.05, 0.1) is 0 Å². The largest absolute Gasteiger partial charge is 0.478 e. The molecule has 15 heavy (non-hydrogen) atoms. The first-order valence-electron chi connectivity index (χ1n) is 5.25. The lowest BCUT2D eigenvalue weighted by Crippen LogP contribution is -2.01. The zero-order valence-corrected chi connectivity index (χ0v) is 8.57. The van der Waals surface area contributed by atoms with Gasteiger partial charge in [0.15, 0.2) is 0 Å². The minimum atomic E-state index is -0.738. The molecule has 1 N–H and O–H groups in total. The monoisotopic (exact) mass is 202 g/mol. The number of carbonyl (C=O) groups is 1. The van der Waals surface area contributed by atoms with E-state index in [-0.39, 0.29) is 0 Å². The van der Waals surface area contributed by atoms with Crippen molar-refractivity contribution < 1.29 is 9.90 Å². The van der Waals surface area contributed by atoms with E-state index in [1.165, 1.54) is 5.56 Å². The second-order valence-electron chi connectivity index (χ2n) is 3.90. The second-order valence-corrected chi connectivity index (χ2v) is 3.90. The van der Waals surface area contributed by atoms with E-state index in [2.05, 4.69) is 0 Å². The Bertz CT molecular complexity index is 390. The summed E-state index contributed by atoms with van der Waals surface area (Å²) in [5, 5.41) is 9.00. The highest BCUT2D eigenvalue weighted by molar-refractivity contribution is 5.88. The highest BCUT2D eigenvalue weighted by Crippen LogP contribution is 2.28. The minimum absolute atomic E-state index is 0.638. The van der Waals surface area contributed by atoms with Crippen LogP contribution in [0.15, 0.2) is 41.5 Å². The van der Waals surface area contributed by atoms with Crippen LogP contribution in [-0.4, -0.2) is 11.1 Å². The van der Waals surface area contributed by atoms with Gasteiger partial charge in [-0.05, 0) is 31.2 Å². The van der Waals surface area contributed by atoms with Gasteiger partial charge < -0.3 is 5.11 Å². The van der Waals surface area contributed by atoms with E-state index in [9.17, 15) is 4.79 Å². The molecule has 0 bridgehead atoms. The molecule has 1 aromatic carbocycles. The molecule has 78 valence electrons. The molecular weight excluding hydrogens is 188 g/mol. The highest BCUT2D eigenvalue weighted by atomic mass is 16.4. The smallest absolute Gasteiger partial charge is 0.331 e. The van der Waals surface area contributed by atoms with Crippen molar-refractivity contribution in [1.82, 2.24) is 0 Å². The molecule has 0 saturated heterocycles. The Kier molecular flexibility index (Phi) is 2.86. The van der Waals surface area contributed by atoms with Crippen molar-refractivity contribution in [3.63, 3.8) is 0 Å². The van der Waals surface area contributed by atoms with Crippen molar-refractivity contribution in [2.24, 2.45) is 0 Å². The quantitative estimate of drug-likeness (QED) is 0.818. The fraction of sp³-hybridized carbons (Fsp3) is 0.308. The number of rotatable bonds is 3. The molecule has 0 radical (unpaired) electrons. The molecule has 1 aliphatic rings. The lowest BCUT2D eigenvalue weighted by Gasteiger charge is -2.04. The Hall–Kier alpha value is -1.57. The van der Waals surface area contributed by atoms with Gasteiger partial charge in [-0.15, -0.1) is 0 Å². The zero-order chi connectivity index (χ0) is 10.7. The minimum Gasteiger partial charge on any atom is -0.478 e. The topological polar surface area (TPSA) is 37.3 Å². The average Bonchev–Trinajstić information content (AvgIpc) is 2.67. The van der Waals surface area contributed by atoms with E-state index in [0.29, 0.717) is 5.57 Å². The molecule has 0 atom stereocenters. The number of carboxylic acids is 1. The van der Waals surface area contributed by atoms with Crippen LogP contribution in [0.3, 0.4) is 0 Å². The van der Waals surface area contributed by atoms with E-state index < -0.39 is 5.97 Å². The summed E-state index contributed by atoms with van der Waals surface area (Å²) >= 11 is 0. The van der Waals surface area contributed by atoms with Crippen LogP contribution in [0.25, 0.3) is 0 Å². The predicted molar refractivity (Wildman–Crippen MR) is 58.7 cm³/mol. The lowest BCUT2D eigenvalue weighted by atomic mass is 10.0. The maximum atomic E-state index is 10.9. The Morgan fingerprint density at radius 3 is 2.60 bits per heavy atom. The first kappa shape index (κ1) is 9.97. The predicted octanol–water partition coefficient (Wildman–Crippen LogP) is 2.79. The van der Waals surface area contributed by atoms with Crippen molar-refractivity contribution in [2.75, 3.05) is 0 Å². The van der Waals surface area contributed by atoms with Gasteiger partial charge in [0.25, 0.3) is 0 Å². The third-order valence-corrected chi connectivity index (χ3v) is 2.85. The molecule has 0 aromatic heterocycles. The third-order valence-electron chi connectivity index (χ3n) is 2.85. The van der Waals surface area contributed by atoms with Crippen LogP contribution in [0, 0.1) is 0 Å². The third kappa shape index (κ3) is 2.27. The number of carboxylic acid groups (broad SMARTS) is 1. The van der Waals surface area contributed by atoms with Crippen molar-refractivity contribution in [1.29, 1.82) is 0 Å². The van der Waals surface area contributed by atoms with Crippen LogP contribution < -0.4 is 0 Å². The summed E-state index contributed by atoms with van der Waals surface area (Å²) in [6.45, 7) is 0. The molecule has 0 amide bonds. The maximum absolute atomic E-state index is 10.9. The molecule has 0 fully saturated rings. The standard InChI is InChI=1S/C13H14O2/c14-13(15)12-8-4-7-11(12)9-10-5-2-1-3-6-10/h1-3,5-6H,4,7-9H2,(H,14,15). The highest BCUT2D eigenvalue weighted by Gasteiger charge is 2.19. The first-order valence-corrected chi connectivity index (χ1v) is 5.25. The molecule has 2 rings (SSSR count). The van der Waals surface area contributed by atoms with Crippen LogP contribution >= 0.6 is 0 Å². The molecule has 2 heteroatoms. The number of allylic oxidation sites excluding steroid dienone is 1. The van der Waals surface area contributed by atoms with E-state index in [1.54, 1.807) is 0 Å². The molecular formula is C13H14O2. The summed E-state index contributed by atoms with van der Waals surface area (Å²) in [5.74, 6) is -0.738. The van der Waals surface area contributed by atoms with Crippen molar-refractivity contribution in [3.8, 4) is 0 Å². The van der Waals surface area contributed by atoms with Crippen molar-refractivity contribution in [3.05, 3.63) is 47.0 Å². The van der Waals surface area contributed by atoms with Crippen LogP contribution in [0.5, 0.6) is 0 Å². The summed E-state index contributed by atoms with van der Waals surface area (Å²) in [4.78, 5) is 10.9. The molecule has 0 saturated carbocycles. The molecule has 0 spiro atoms. The van der Waals surface area contributed by atoms with E-state index in [0.717, 1.165) is 31.3 Å². The SMILES string of the molecule is O=C(O)C1=C(Cc2ccccc2)CCC1. The summed E-state index contributed by atoms with van der Waals surface area (Å²) in [6.07, 6.45) is 3.46. The number of benzene rings is 1. The Morgan fingerprint density at radius 1 is 1.20 bits per heavy atom. The van der Waals surface area contributed by atoms with Crippen LogP contribution in [0.4, 0.5) is 0 Å². The van der Waals surface area contributed by atoms with Gasteiger partial charge in [-0.3, -0.25) is 0 Å². The van der Waals surface area contributed by atoms with E-state index in [1.807, 2.05) is 30.3 Å². The van der Waals surface area contributed by atoms with Gasteiger partial charge in [0.2, 0.25) is 0 Å². The van der Waals surface area contributed by atoms with Gasteiger partial charge in [-0.1, -0.05) is 35.9 Å². The van der Waals surface area contributed by atoms with E-state index in [4.69, 9.17) is 5.11 Å². The normalized spacial score (nSPS) is 15.7. The zero-order valence-electron chi connectivity index (χ0n) is 8.57. The lowest BCUT2D eigenvalue weighted by molar-refractivity contribution is -0.132. The molecule has 1 aliphatic carbocycles. The second kappa shape index (κ2) is 4.30. The fourth-order valence-corrected chi connectivity index (χ4v) is 2.10. The van der Waals surface area contributed by atoms with Crippen molar-refractivity contribution in [2.45, 2.75) is 25.7 Å². The molecule has 0 unspecified atom stereocenters. The Morgan fingerprint density at radius 2 is 1.93 bits per heavy atom. The summed E-state index contributed by atoms with van der Waals surface area (Å²) in [5.41, 5.74) is 2.95. The van der Waals surface area contributed by atoms with Crippen LogP contribution in [0.2, 0.25) is 0 Å². The summed E-state index contributed by atoms with van der Waals surface area (Å²) < 4.78 is 0. The maximum Gasteiger partial charge on any atom is 0.331 e. The van der Waals surface area contributed by atoms with Crippen LogP contribution in [0.1, 0.15) is 24.8 Å². The van der Waals surface area contributed by atoms with Gasteiger partial charge in [-0.25, -0.2) is 4.79 Å². The Balaban J connectivity index is 2.18. The number of hydrogen-bond acceptors (Lipinski definition) is 1. The fourth-order valence-electron chi connectivity index (χ4n) is 2.10. The summed E-state index contributed by atoms with van der Waals surface area (Å²) in [7, 11) is 0. The average molecular weight is 202 g/mol. The summed E-state index contributed by atoms with van der Waals surface area (Å²) in [6, 6.07) is 10.1. The van der Waals surface area contributed by atoms with Gasteiger partial charge in [-0.2, -0.15) is 0 Å². The molecule has 0 aliphatic heterocycles. The molecule has 1 aromatic rings. The van der Waals surface area contributed by atoms with E-state index >= 15 is 0 Å². The Labute approximate surface area is 89.2 Å². The number of aliphatic carboxylic acids is 1. The van der Waals surface area contributed by atoms with Gasteiger partial charge in [0, 0.05) is 5.57 Å². The molecule has 0 heterocycles.